The Morgan fingerprint density at radius 3 is 2.81 bits per heavy atom. The number of hydrogen-bond donors (Lipinski definition) is 0. The first-order valence-electron chi connectivity index (χ1n) is 6.82. The van der Waals surface area contributed by atoms with Gasteiger partial charge in [0, 0.05) is 31.1 Å². The van der Waals surface area contributed by atoms with Gasteiger partial charge in [-0.3, -0.25) is 0 Å². The number of methoxy groups -OCH3 is 1. The summed E-state index contributed by atoms with van der Waals surface area (Å²) in [5.41, 5.74) is 0.730. The molecule has 0 bridgehead atoms. The number of alkyl halides is 1. The first kappa shape index (κ1) is 17.0. The third-order valence-corrected chi connectivity index (χ3v) is 6.19. The zero-order chi connectivity index (χ0) is 15.5. The molecule has 4 nitrogen and oxygen atoms in total. The minimum absolute atomic E-state index is 0.222. The average Bonchev–Trinajstić information content (AvgIpc) is 2.48. The summed E-state index contributed by atoms with van der Waals surface area (Å²) in [6.45, 7) is 1.61. The summed E-state index contributed by atoms with van der Waals surface area (Å²) >= 11 is 11.8. The standard InChI is InChI=1S/C14H19Cl2NO3S/c1-20-10-11-3-2-6-17(9-11)21(18,19)13-5-4-12(8-15)14(16)7-13/h4-5,7,11H,2-3,6,8-10H2,1H3. The van der Waals surface area contributed by atoms with Gasteiger partial charge in [-0.05, 0) is 36.5 Å². The monoisotopic (exact) mass is 351 g/mol. The van der Waals surface area contributed by atoms with Crippen LogP contribution in [0.3, 0.4) is 0 Å². The van der Waals surface area contributed by atoms with Gasteiger partial charge in [-0.15, -0.1) is 11.6 Å². The van der Waals surface area contributed by atoms with E-state index in [0.717, 1.165) is 18.4 Å². The molecular formula is C14H19Cl2NO3S. The number of hydrogen-bond acceptors (Lipinski definition) is 3. The van der Waals surface area contributed by atoms with E-state index in [4.69, 9.17) is 27.9 Å². The van der Waals surface area contributed by atoms with E-state index < -0.39 is 10.0 Å². The molecule has 1 fully saturated rings. The first-order chi connectivity index (χ1) is 9.98. The Bertz CT molecular complexity index is 590. The van der Waals surface area contributed by atoms with Crippen molar-refractivity contribution in [3.05, 3.63) is 28.8 Å². The Morgan fingerprint density at radius 1 is 1.43 bits per heavy atom. The van der Waals surface area contributed by atoms with Crippen molar-refractivity contribution >= 4 is 33.2 Å². The molecule has 0 saturated carbocycles. The third-order valence-electron chi connectivity index (χ3n) is 3.69. The normalized spacial score (nSPS) is 20.6. The second kappa shape index (κ2) is 7.29. The Labute approximate surface area is 136 Å². The highest BCUT2D eigenvalue weighted by Gasteiger charge is 2.30. The predicted octanol–water partition coefficient (Wildman–Crippen LogP) is 3.13. The van der Waals surface area contributed by atoms with Gasteiger partial charge in [0.05, 0.1) is 11.5 Å². The van der Waals surface area contributed by atoms with Gasteiger partial charge in [-0.25, -0.2) is 8.42 Å². The van der Waals surface area contributed by atoms with Crippen molar-refractivity contribution in [1.29, 1.82) is 0 Å². The average molecular weight is 352 g/mol. The fourth-order valence-corrected chi connectivity index (χ4v) is 4.76. The van der Waals surface area contributed by atoms with Crippen molar-refractivity contribution in [3.8, 4) is 0 Å². The van der Waals surface area contributed by atoms with Crippen molar-refractivity contribution in [2.24, 2.45) is 5.92 Å². The molecular weight excluding hydrogens is 333 g/mol. The summed E-state index contributed by atoms with van der Waals surface area (Å²) in [7, 11) is -1.87. The molecule has 1 saturated heterocycles. The maximum Gasteiger partial charge on any atom is 0.243 e. The van der Waals surface area contributed by atoms with Crippen LogP contribution in [0.2, 0.25) is 5.02 Å². The van der Waals surface area contributed by atoms with Crippen molar-refractivity contribution in [2.45, 2.75) is 23.6 Å². The molecule has 0 N–H and O–H groups in total. The lowest BCUT2D eigenvalue weighted by Gasteiger charge is -2.31. The number of piperidine rings is 1. The molecule has 7 heteroatoms. The van der Waals surface area contributed by atoms with Crippen LogP contribution < -0.4 is 0 Å². The molecule has 0 aromatic heterocycles. The molecule has 21 heavy (non-hydrogen) atoms. The Kier molecular flexibility index (Phi) is 5.91. The second-order valence-electron chi connectivity index (χ2n) is 5.21. The molecule has 1 aromatic rings. The lowest BCUT2D eigenvalue weighted by Crippen LogP contribution is -2.41. The van der Waals surface area contributed by atoms with Gasteiger partial charge in [0.15, 0.2) is 0 Å². The maximum atomic E-state index is 12.7. The van der Waals surface area contributed by atoms with Crippen LogP contribution in [-0.4, -0.2) is 39.5 Å². The van der Waals surface area contributed by atoms with E-state index in [0.29, 0.717) is 24.7 Å². The molecule has 1 aliphatic heterocycles. The highest BCUT2D eigenvalue weighted by molar-refractivity contribution is 7.89. The van der Waals surface area contributed by atoms with Gasteiger partial charge in [0.2, 0.25) is 10.0 Å². The van der Waals surface area contributed by atoms with Crippen LogP contribution in [0.4, 0.5) is 0 Å². The topological polar surface area (TPSA) is 46.6 Å². The minimum Gasteiger partial charge on any atom is -0.384 e. The molecule has 0 radical (unpaired) electrons. The minimum atomic E-state index is -3.51. The van der Waals surface area contributed by atoms with Crippen molar-refractivity contribution < 1.29 is 13.2 Å². The summed E-state index contributed by atoms with van der Waals surface area (Å²) < 4.78 is 32.0. The maximum absolute atomic E-state index is 12.7. The van der Waals surface area contributed by atoms with Gasteiger partial charge in [-0.1, -0.05) is 17.7 Å². The van der Waals surface area contributed by atoms with E-state index in [9.17, 15) is 8.42 Å². The molecule has 0 aliphatic carbocycles. The lowest BCUT2D eigenvalue weighted by atomic mass is 10.0. The number of halogens is 2. The Balaban J connectivity index is 2.23. The molecule has 1 unspecified atom stereocenters. The van der Waals surface area contributed by atoms with Crippen molar-refractivity contribution in [1.82, 2.24) is 4.31 Å². The molecule has 2 rings (SSSR count). The van der Waals surface area contributed by atoms with E-state index in [1.807, 2.05) is 0 Å². The SMILES string of the molecule is COCC1CCCN(S(=O)(=O)c2ccc(CCl)c(Cl)c2)C1. The predicted molar refractivity (Wildman–Crippen MR) is 84.4 cm³/mol. The largest absolute Gasteiger partial charge is 0.384 e. The fourth-order valence-electron chi connectivity index (χ4n) is 2.56. The first-order valence-corrected chi connectivity index (χ1v) is 9.17. The summed E-state index contributed by atoms with van der Waals surface area (Å²) in [6, 6.07) is 4.71. The Hall–Kier alpha value is -0.330. The quantitative estimate of drug-likeness (QED) is 0.765. The summed E-state index contributed by atoms with van der Waals surface area (Å²) in [6.07, 6.45) is 1.84. The van der Waals surface area contributed by atoms with Crippen molar-refractivity contribution in [2.75, 3.05) is 26.8 Å². The molecule has 0 spiro atoms. The molecule has 118 valence electrons. The summed E-state index contributed by atoms with van der Waals surface area (Å²) in [5.74, 6) is 0.509. The lowest BCUT2D eigenvalue weighted by molar-refractivity contribution is 0.118. The van der Waals surface area contributed by atoms with Crippen molar-refractivity contribution in [3.63, 3.8) is 0 Å². The van der Waals surface area contributed by atoms with Crippen LogP contribution in [-0.2, 0) is 20.6 Å². The Morgan fingerprint density at radius 2 is 2.19 bits per heavy atom. The third kappa shape index (κ3) is 3.90. The van der Waals surface area contributed by atoms with Crippen LogP contribution in [0.25, 0.3) is 0 Å². The van der Waals surface area contributed by atoms with E-state index in [1.165, 1.54) is 10.4 Å². The van der Waals surface area contributed by atoms with Gasteiger partial charge < -0.3 is 4.74 Å². The molecule has 1 aromatic carbocycles. The molecule has 0 amide bonds. The van der Waals surface area contributed by atoms with Crippen LogP contribution in [0.1, 0.15) is 18.4 Å². The van der Waals surface area contributed by atoms with Crippen LogP contribution in [0.5, 0.6) is 0 Å². The van der Waals surface area contributed by atoms with Gasteiger partial charge in [0.25, 0.3) is 0 Å². The number of ether oxygens (including phenoxy) is 1. The fraction of sp³-hybridized carbons (Fsp3) is 0.571. The zero-order valence-electron chi connectivity index (χ0n) is 11.9. The molecule has 1 heterocycles. The van der Waals surface area contributed by atoms with E-state index in [2.05, 4.69) is 0 Å². The molecule has 1 atom stereocenters. The molecule has 1 aliphatic rings. The highest BCUT2D eigenvalue weighted by Crippen LogP contribution is 2.27. The second-order valence-corrected chi connectivity index (χ2v) is 7.83. The van der Waals surface area contributed by atoms with Gasteiger partial charge in [0.1, 0.15) is 0 Å². The summed E-state index contributed by atoms with van der Waals surface area (Å²) in [5, 5.41) is 0.386. The van der Waals surface area contributed by atoms with E-state index in [1.54, 1.807) is 19.2 Å². The van der Waals surface area contributed by atoms with E-state index in [-0.39, 0.29) is 16.7 Å². The highest BCUT2D eigenvalue weighted by atomic mass is 35.5. The van der Waals surface area contributed by atoms with E-state index >= 15 is 0 Å². The van der Waals surface area contributed by atoms with Gasteiger partial charge >= 0.3 is 0 Å². The number of benzene rings is 1. The summed E-state index contributed by atoms with van der Waals surface area (Å²) in [4.78, 5) is 0.222. The number of sulfonamides is 1. The van der Waals surface area contributed by atoms with Crippen LogP contribution >= 0.6 is 23.2 Å². The van der Waals surface area contributed by atoms with Crippen LogP contribution in [0.15, 0.2) is 23.1 Å². The zero-order valence-corrected chi connectivity index (χ0v) is 14.2. The van der Waals surface area contributed by atoms with Crippen LogP contribution in [0, 0.1) is 5.92 Å². The number of nitrogens with zero attached hydrogens (tertiary/aromatic N) is 1. The smallest absolute Gasteiger partial charge is 0.243 e. The van der Waals surface area contributed by atoms with Gasteiger partial charge in [-0.2, -0.15) is 4.31 Å². The number of rotatable bonds is 5.